The topological polar surface area (TPSA) is 56.7 Å². The summed E-state index contributed by atoms with van der Waals surface area (Å²) in [5.41, 5.74) is 13.7. The van der Waals surface area contributed by atoms with Crippen LogP contribution < -0.4 is 5.73 Å². The van der Waals surface area contributed by atoms with Crippen molar-refractivity contribution >= 4 is 17.2 Å². The van der Waals surface area contributed by atoms with Gasteiger partial charge in [0.1, 0.15) is 0 Å². The van der Waals surface area contributed by atoms with Crippen LogP contribution in [0.3, 0.4) is 0 Å². The number of benzene rings is 1. The van der Waals surface area contributed by atoms with E-state index < -0.39 is 5.97 Å². The van der Waals surface area contributed by atoms with Crippen molar-refractivity contribution in [2.75, 3.05) is 12.3 Å². The average Bonchev–Trinajstić information content (AvgIpc) is 2.79. The Morgan fingerprint density at radius 3 is 2.42 bits per heavy atom. The van der Waals surface area contributed by atoms with Crippen LogP contribution >= 0.6 is 0 Å². The molecule has 1 aromatic carbocycles. The molecule has 0 radical (unpaired) electrons. The van der Waals surface area contributed by atoms with E-state index in [4.69, 9.17) is 10.5 Å². The van der Waals surface area contributed by atoms with E-state index in [1.807, 2.05) is 28.8 Å². The number of pyridine rings is 1. The molecular weight excluding hydrogens is 300 g/mol. The number of aromatic nitrogens is 1. The Morgan fingerprint density at radius 1 is 1.12 bits per heavy atom. The van der Waals surface area contributed by atoms with E-state index in [1.165, 1.54) is 5.56 Å². The molecule has 0 saturated carbocycles. The summed E-state index contributed by atoms with van der Waals surface area (Å²) in [5, 5.41) is 0. The van der Waals surface area contributed by atoms with Gasteiger partial charge in [0.15, 0.2) is 5.69 Å². The first-order valence-corrected chi connectivity index (χ1v) is 8.09. The van der Waals surface area contributed by atoms with Gasteiger partial charge in [0.25, 0.3) is 0 Å². The number of hydrogen-bond donors (Lipinski definition) is 1. The third-order valence-electron chi connectivity index (χ3n) is 4.28. The lowest BCUT2D eigenvalue weighted by Gasteiger charge is -2.12. The summed E-state index contributed by atoms with van der Waals surface area (Å²) in [7, 11) is 0. The molecule has 0 amide bonds. The molecule has 0 atom stereocenters. The lowest BCUT2D eigenvalue weighted by atomic mass is 9.93. The Morgan fingerprint density at radius 2 is 1.79 bits per heavy atom. The van der Waals surface area contributed by atoms with Crippen LogP contribution in [0.1, 0.15) is 34.1 Å². The standard InChI is InChI=1S/C20H22N2O2/c1-5-24-20(23)19-18(21)17(15-8-6-7-9-22(15)19)16-13(3)10-12(2)11-14(16)4/h6-11H,5,21H2,1-4H3. The van der Waals surface area contributed by atoms with E-state index >= 15 is 0 Å². The van der Waals surface area contributed by atoms with Crippen molar-refractivity contribution in [1.29, 1.82) is 0 Å². The highest BCUT2D eigenvalue weighted by molar-refractivity contribution is 6.05. The van der Waals surface area contributed by atoms with Crippen LogP contribution in [0.5, 0.6) is 0 Å². The number of carbonyl (C=O) groups is 1. The molecule has 2 N–H and O–H groups in total. The van der Waals surface area contributed by atoms with Crippen molar-refractivity contribution < 1.29 is 9.53 Å². The summed E-state index contributed by atoms with van der Waals surface area (Å²) in [6.07, 6.45) is 1.85. The number of nitrogen functional groups attached to an aromatic ring is 1. The van der Waals surface area contributed by atoms with Crippen LogP contribution in [0.4, 0.5) is 5.69 Å². The van der Waals surface area contributed by atoms with Crippen molar-refractivity contribution in [3.05, 3.63) is 58.9 Å². The molecule has 0 aliphatic heterocycles. The predicted octanol–water partition coefficient (Wildman–Crippen LogP) is 4.29. The van der Waals surface area contributed by atoms with Crippen molar-refractivity contribution in [2.45, 2.75) is 27.7 Å². The summed E-state index contributed by atoms with van der Waals surface area (Å²) >= 11 is 0. The Labute approximate surface area is 141 Å². The smallest absolute Gasteiger partial charge is 0.357 e. The maximum Gasteiger partial charge on any atom is 0.357 e. The molecular formula is C20H22N2O2. The highest BCUT2D eigenvalue weighted by Crippen LogP contribution is 2.39. The zero-order valence-corrected chi connectivity index (χ0v) is 14.5. The first-order valence-electron chi connectivity index (χ1n) is 8.09. The Kier molecular flexibility index (Phi) is 4.06. The van der Waals surface area contributed by atoms with E-state index in [1.54, 1.807) is 6.92 Å². The first kappa shape index (κ1) is 16.1. The monoisotopic (exact) mass is 322 g/mol. The normalized spacial score (nSPS) is 11.0. The van der Waals surface area contributed by atoms with Gasteiger partial charge >= 0.3 is 5.97 Å². The quantitative estimate of drug-likeness (QED) is 0.732. The molecule has 2 aromatic heterocycles. The van der Waals surface area contributed by atoms with E-state index in [-0.39, 0.29) is 0 Å². The molecule has 24 heavy (non-hydrogen) atoms. The summed E-state index contributed by atoms with van der Waals surface area (Å²) in [6.45, 7) is 8.33. The first-order chi connectivity index (χ1) is 11.5. The van der Waals surface area contributed by atoms with Crippen LogP contribution in [0, 0.1) is 20.8 Å². The number of fused-ring (bicyclic) bond motifs is 1. The maximum atomic E-state index is 12.4. The number of carbonyl (C=O) groups excluding carboxylic acids is 1. The number of anilines is 1. The Hall–Kier alpha value is -2.75. The van der Waals surface area contributed by atoms with Gasteiger partial charge in [-0.3, -0.25) is 0 Å². The SMILES string of the molecule is CCOC(=O)c1c(N)c(-c2c(C)cc(C)cc2C)c2ccccn12. The number of nitrogens with two attached hydrogens (primary N) is 1. The van der Waals surface area contributed by atoms with Crippen LogP contribution in [0.25, 0.3) is 16.6 Å². The molecule has 0 aliphatic rings. The summed E-state index contributed by atoms with van der Waals surface area (Å²) in [5.74, 6) is -0.398. The number of nitrogens with zero attached hydrogens (tertiary/aromatic N) is 1. The number of esters is 1. The van der Waals surface area contributed by atoms with Gasteiger partial charge in [-0.05, 0) is 56.5 Å². The second-order valence-corrected chi connectivity index (χ2v) is 6.09. The number of hydrogen-bond acceptors (Lipinski definition) is 3. The van der Waals surface area contributed by atoms with Gasteiger partial charge in [-0.2, -0.15) is 0 Å². The fraction of sp³-hybridized carbons (Fsp3) is 0.250. The largest absolute Gasteiger partial charge is 0.461 e. The van der Waals surface area contributed by atoms with Gasteiger partial charge in [0.05, 0.1) is 17.8 Å². The molecule has 4 nitrogen and oxygen atoms in total. The fourth-order valence-corrected chi connectivity index (χ4v) is 3.47. The third-order valence-corrected chi connectivity index (χ3v) is 4.28. The van der Waals surface area contributed by atoms with Crippen molar-refractivity contribution in [3.8, 4) is 11.1 Å². The van der Waals surface area contributed by atoms with E-state index in [0.29, 0.717) is 18.0 Å². The van der Waals surface area contributed by atoms with E-state index in [9.17, 15) is 4.79 Å². The summed E-state index contributed by atoms with van der Waals surface area (Å²) in [6, 6.07) is 10.1. The Balaban J connectivity index is 2.39. The summed E-state index contributed by atoms with van der Waals surface area (Å²) < 4.78 is 7.03. The highest BCUT2D eigenvalue weighted by atomic mass is 16.5. The molecule has 0 bridgehead atoms. The van der Waals surface area contributed by atoms with E-state index in [0.717, 1.165) is 27.8 Å². The Bertz CT molecular complexity index is 915. The molecule has 3 rings (SSSR count). The number of aryl methyl sites for hydroxylation is 3. The van der Waals surface area contributed by atoms with Gasteiger partial charge in [-0.1, -0.05) is 23.8 Å². The minimum Gasteiger partial charge on any atom is -0.461 e. The zero-order valence-electron chi connectivity index (χ0n) is 14.5. The van der Waals surface area contributed by atoms with Gasteiger partial charge in [-0.15, -0.1) is 0 Å². The number of ether oxygens (including phenoxy) is 1. The third kappa shape index (κ3) is 2.44. The second-order valence-electron chi connectivity index (χ2n) is 6.09. The van der Waals surface area contributed by atoms with Crippen molar-refractivity contribution in [3.63, 3.8) is 0 Å². The van der Waals surface area contributed by atoms with Gasteiger partial charge < -0.3 is 14.9 Å². The van der Waals surface area contributed by atoms with Crippen LogP contribution in [-0.4, -0.2) is 17.0 Å². The second kappa shape index (κ2) is 6.04. The molecule has 3 aromatic rings. The van der Waals surface area contributed by atoms with Crippen LogP contribution in [0.15, 0.2) is 36.5 Å². The lowest BCUT2D eigenvalue weighted by Crippen LogP contribution is -2.10. The molecule has 124 valence electrons. The van der Waals surface area contributed by atoms with Crippen molar-refractivity contribution in [2.24, 2.45) is 0 Å². The molecule has 0 saturated heterocycles. The highest BCUT2D eigenvalue weighted by Gasteiger charge is 2.24. The predicted molar refractivity (Wildman–Crippen MR) is 97.4 cm³/mol. The fourth-order valence-electron chi connectivity index (χ4n) is 3.47. The summed E-state index contributed by atoms with van der Waals surface area (Å²) in [4.78, 5) is 12.4. The van der Waals surface area contributed by atoms with Gasteiger partial charge in [-0.25, -0.2) is 4.79 Å². The van der Waals surface area contributed by atoms with E-state index in [2.05, 4.69) is 32.9 Å². The van der Waals surface area contributed by atoms with Crippen LogP contribution in [-0.2, 0) is 4.74 Å². The minimum absolute atomic E-state index is 0.316. The average molecular weight is 322 g/mol. The van der Waals surface area contributed by atoms with Gasteiger partial charge in [0.2, 0.25) is 0 Å². The molecule has 4 heteroatoms. The minimum atomic E-state index is -0.398. The lowest BCUT2D eigenvalue weighted by molar-refractivity contribution is 0.0520. The molecule has 0 spiro atoms. The zero-order chi connectivity index (χ0) is 17.4. The van der Waals surface area contributed by atoms with Crippen LogP contribution in [0.2, 0.25) is 0 Å². The maximum absolute atomic E-state index is 12.4. The molecule has 0 unspecified atom stereocenters. The molecule has 0 aliphatic carbocycles. The molecule has 0 fully saturated rings. The van der Waals surface area contributed by atoms with Gasteiger partial charge in [0, 0.05) is 11.8 Å². The van der Waals surface area contributed by atoms with Crippen molar-refractivity contribution in [1.82, 2.24) is 4.40 Å². The number of rotatable bonds is 3. The molecule has 2 heterocycles.